The summed E-state index contributed by atoms with van der Waals surface area (Å²) in [6.45, 7) is 6.65. The number of pyridine rings is 1. The van der Waals surface area contributed by atoms with E-state index in [2.05, 4.69) is 20.5 Å². The molecule has 3 aromatic rings. The fraction of sp³-hybridized carbons (Fsp3) is 0.409. The van der Waals surface area contributed by atoms with E-state index in [1.165, 1.54) is 6.07 Å². The maximum absolute atomic E-state index is 13.1. The van der Waals surface area contributed by atoms with Crippen molar-refractivity contribution in [2.24, 2.45) is 0 Å². The molecule has 1 N–H and O–H groups in total. The van der Waals surface area contributed by atoms with Gasteiger partial charge in [0, 0.05) is 6.42 Å². The number of ether oxygens (including phenoxy) is 2. The molecule has 6 nitrogen and oxygen atoms in total. The molecule has 0 unspecified atom stereocenters. The van der Waals surface area contributed by atoms with E-state index in [1.807, 2.05) is 19.9 Å². The van der Waals surface area contributed by atoms with Crippen molar-refractivity contribution in [1.82, 2.24) is 15.2 Å². The van der Waals surface area contributed by atoms with Gasteiger partial charge in [-0.05, 0) is 44.5 Å². The molecule has 164 valence electrons. The van der Waals surface area contributed by atoms with E-state index < -0.39 is 17.8 Å². The number of hydrogen-bond acceptors (Lipinski definition) is 6. The Morgan fingerprint density at radius 1 is 1.16 bits per heavy atom. The molecule has 0 radical (unpaired) electrons. The van der Waals surface area contributed by atoms with Crippen LogP contribution in [0.4, 0.5) is 19.0 Å². The predicted molar refractivity (Wildman–Crippen MR) is 110 cm³/mol. The van der Waals surface area contributed by atoms with E-state index in [4.69, 9.17) is 9.47 Å². The average Bonchev–Trinajstić information content (AvgIpc) is 3.24. The van der Waals surface area contributed by atoms with E-state index in [0.29, 0.717) is 46.9 Å². The van der Waals surface area contributed by atoms with Crippen LogP contribution in [-0.2, 0) is 10.9 Å². The maximum Gasteiger partial charge on any atom is 0.416 e. The zero-order valence-electron chi connectivity index (χ0n) is 17.5. The fourth-order valence-corrected chi connectivity index (χ4v) is 3.55. The van der Waals surface area contributed by atoms with Gasteiger partial charge >= 0.3 is 6.18 Å². The van der Waals surface area contributed by atoms with E-state index >= 15 is 0 Å². The molecule has 0 aliphatic carbocycles. The number of aromatic nitrogens is 3. The highest BCUT2D eigenvalue weighted by atomic mass is 19.4. The summed E-state index contributed by atoms with van der Waals surface area (Å²) in [7, 11) is 0. The zero-order valence-corrected chi connectivity index (χ0v) is 17.5. The van der Waals surface area contributed by atoms with Crippen LogP contribution < -0.4 is 10.1 Å². The molecule has 1 aromatic carbocycles. The molecule has 31 heavy (non-hydrogen) atoms. The zero-order chi connectivity index (χ0) is 22.2. The Labute approximate surface area is 177 Å². The third-order valence-corrected chi connectivity index (χ3v) is 5.31. The average molecular weight is 432 g/mol. The summed E-state index contributed by atoms with van der Waals surface area (Å²) in [4.78, 5) is 4.65. The van der Waals surface area contributed by atoms with Gasteiger partial charge in [0.05, 0.1) is 47.1 Å². The van der Waals surface area contributed by atoms with Crippen LogP contribution in [0.25, 0.3) is 10.9 Å². The quantitative estimate of drug-likeness (QED) is 0.612. The molecule has 0 amide bonds. The molecule has 1 saturated heterocycles. The minimum Gasteiger partial charge on any atom is -0.486 e. The number of rotatable bonds is 5. The van der Waals surface area contributed by atoms with Crippen molar-refractivity contribution in [2.45, 2.75) is 45.5 Å². The minimum atomic E-state index is -4.40. The number of hydrogen-bond donors (Lipinski definition) is 1. The number of aryl methyl sites for hydroxylation is 2. The second kappa shape index (κ2) is 8.30. The molecular weight excluding hydrogens is 409 g/mol. The highest BCUT2D eigenvalue weighted by molar-refractivity contribution is 5.91. The van der Waals surface area contributed by atoms with E-state index in [9.17, 15) is 13.2 Å². The van der Waals surface area contributed by atoms with Gasteiger partial charge in [-0.3, -0.25) is 0 Å². The predicted octanol–water partition coefficient (Wildman–Crippen LogP) is 5.00. The monoisotopic (exact) mass is 432 g/mol. The third kappa shape index (κ3) is 4.56. The van der Waals surface area contributed by atoms with Gasteiger partial charge in [-0.15, -0.1) is 5.10 Å². The van der Waals surface area contributed by atoms with Crippen LogP contribution in [0.15, 0.2) is 30.3 Å². The molecule has 4 rings (SSSR count). The van der Waals surface area contributed by atoms with Gasteiger partial charge in [0.25, 0.3) is 0 Å². The summed E-state index contributed by atoms with van der Waals surface area (Å²) in [5.41, 5.74) is 1.86. The van der Waals surface area contributed by atoms with Crippen LogP contribution in [-0.4, -0.2) is 34.5 Å². The van der Waals surface area contributed by atoms with Crippen molar-refractivity contribution in [3.63, 3.8) is 0 Å². The van der Waals surface area contributed by atoms with Crippen LogP contribution in [0.1, 0.15) is 41.9 Å². The first-order valence-electron chi connectivity index (χ1n) is 10.0. The number of fused-ring (bicyclic) bond motifs is 1. The van der Waals surface area contributed by atoms with E-state index in [0.717, 1.165) is 24.2 Å². The lowest BCUT2D eigenvalue weighted by Gasteiger charge is -2.19. The van der Waals surface area contributed by atoms with Crippen LogP contribution in [0.3, 0.4) is 0 Å². The van der Waals surface area contributed by atoms with E-state index in [-0.39, 0.29) is 6.10 Å². The van der Waals surface area contributed by atoms with Gasteiger partial charge in [0.2, 0.25) is 0 Å². The van der Waals surface area contributed by atoms with Crippen molar-refractivity contribution in [1.29, 1.82) is 0 Å². The van der Waals surface area contributed by atoms with Crippen molar-refractivity contribution in [3.05, 3.63) is 52.8 Å². The molecule has 2 atom stereocenters. The summed E-state index contributed by atoms with van der Waals surface area (Å²) in [6, 6.07) is 6.66. The van der Waals surface area contributed by atoms with Crippen molar-refractivity contribution in [2.75, 3.05) is 18.5 Å². The number of anilines is 1. The van der Waals surface area contributed by atoms with Crippen LogP contribution in [0, 0.1) is 13.8 Å². The standard InChI is InChI=1S/C22H23F3N4O2/c1-12(15-5-4-6-16(9-15)22(23,24)25)27-21-18-10-19(31-17-7-8-30-11-17)13(2)26-20(18)14(3)28-29-21/h4-6,9-10,12,17H,7-8,11H2,1-3H3,(H,27,29)/t12-,17+/m1/s1. The Balaban J connectivity index is 1.67. The lowest BCUT2D eigenvalue weighted by atomic mass is 10.0. The normalized spacial score (nSPS) is 17.7. The van der Waals surface area contributed by atoms with Crippen LogP contribution >= 0.6 is 0 Å². The van der Waals surface area contributed by atoms with Crippen LogP contribution in [0.5, 0.6) is 5.75 Å². The topological polar surface area (TPSA) is 69.2 Å². The maximum atomic E-state index is 13.1. The summed E-state index contributed by atoms with van der Waals surface area (Å²) >= 11 is 0. The first-order valence-corrected chi connectivity index (χ1v) is 10.0. The highest BCUT2D eigenvalue weighted by Gasteiger charge is 2.30. The van der Waals surface area contributed by atoms with Gasteiger partial charge in [-0.25, -0.2) is 4.98 Å². The Morgan fingerprint density at radius 3 is 2.68 bits per heavy atom. The molecule has 0 spiro atoms. The number of nitrogens with zero attached hydrogens (tertiary/aromatic N) is 3. The second-order valence-corrected chi connectivity index (χ2v) is 7.69. The SMILES string of the molecule is Cc1nc2c(C)nnc(N[C@H](C)c3cccc(C(F)(F)F)c3)c2cc1O[C@H]1CCOC1. The first-order chi connectivity index (χ1) is 14.7. The van der Waals surface area contributed by atoms with Crippen molar-refractivity contribution < 1.29 is 22.6 Å². The Hall–Kier alpha value is -2.94. The molecule has 2 aromatic heterocycles. The highest BCUT2D eigenvalue weighted by Crippen LogP contribution is 2.33. The fourth-order valence-electron chi connectivity index (χ4n) is 3.55. The Morgan fingerprint density at radius 2 is 1.97 bits per heavy atom. The number of nitrogens with one attached hydrogen (secondary N) is 1. The summed E-state index contributed by atoms with van der Waals surface area (Å²) < 4.78 is 50.7. The number of benzene rings is 1. The molecule has 3 heterocycles. The molecule has 1 aliphatic rings. The number of alkyl halides is 3. The molecular formula is C22H23F3N4O2. The minimum absolute atomic E-state index is 0.0331. The molecule has 1 aliphatic heterocycles. The van der Waals surface area contributed by atoms with Gasteiger partial charge in [-0.2, -0.15) is 18.3 Å². The third-order valence-electron chi connectivity index (χ3n) is 5.31. The smallest absolute Gasteiger partial charge is 0.416 e. The second-order valence-electron chi connectivity index (χ2n) is 7.69. The Kier molecular flexibility index (Phi) is 5.70. The van der Waals surface area contributed by atoms with Gasteiger partial charge < -0.3 is 14.8 Å². The van der Waals surface area contributed by atoms with Crippen molar-refractivity contribution >= 4 is 16.7 Å². The lowest BCUT2D eigenvalue weighted by molar-refractivity contribution is -0.137. The Bertz CT molecular complexity index is 1100. The summed E-state index contributed by atoms with van der Waals surface area (Å²) in [5.74, 6) is 1.07. The first kappa shape index (κ1) is 21.3. The van der Waals surface area contributed by atoms with Crippen molar-refractivity contribution in [3.8, 4) is 5.75 Å². The van der Waals surface area contributed by atoms with Crippen LogP contribution in [0.2, 0.25) is 0 Å². The summed E-state index contributed by atoms with van der Waals surface area (Å²) in [5, 5.41) is 12.3. The van der Waals surface area contributed by atoms with Gasteiger partial charge in [-0.1, -0.05) is 12.1 Å². The largest absolute Gasteiger partial charge is 0.486 e. The lowest BCUT2D eigenvalue weighted by Crippen LogP contribution is -2.17. The molecule has 0 bridgehead atoms. The number of halogens is 3. The van der Waals surface area contributed by atoms with E-state index in [1.54, 1.807) is 13.0 Å². The molecule has 1 fully saturated rings. The van der Waals surface area contributed by atoms with Gasteiger partial charge in [0.1, 0.15) is 11.9 Å². The molecule has 9 heteroatoms. The summed E-state index contributed by atoms with van der Waals surface area (Å²) in [6.07, 6.45) is -3.62. The van der Waals surface area contributed by atoms with Gasteiger partial charge in [0.15, 0.2) is 5.82 Å². The molecule has 0 saturated carbocycles.